The minimum Gasteiger partial charge on any atom is -0.398 e. The maximum absolute atomic E-state index is 15.0. The second-order valence-corrected chi connectivity index (χ2v) is 11.1. The number of anilines is 1. The predicted octanol–water partition coefficient (Wildman–Crippen LogP) is 4.72. The lowest BCUT2D eigenvalue weighted by atomic mass is 9.88. The van der Waals surface area contributed by atoms with E-state index in [4.69, 9.17) is 10.3 Å². The summed E-state index contributed by atoms with van der Waals surface area (Å²) in [7, 11) is -3.92. The normalized spacial score (nSPS) is 22.5. The van der Waals surface area contributed by atoms with Crippen LogP contribution in [0.2, 0.25) is 0 Å². The lowest BCUT2D eigenvalue weighted by Gasteiger charge is -2.19. The van der Waals surface area contributed by atoms with Gasteiger partial charge in [-0.25, -0.2) is 17.8 Å². The molecule has 2 aromatic heterocycles. The first-order chi connectivity index (χ1) is 15.6. The molecule has 5 rings (SSSR count). The smallest absolute Gasteiger partial charge is 0.191 e. The third kappa shape index (κ3) is 2.99. The zero-order chi connectivity index (χ0) is 23.5. The standard InChI is InChI=1S/C24H21FN4O3S/c1-13-6-4-5-7-14(13)17-12-29-32-22(17)21-20(27-8-9-28-21)15-11-19-16(10-18(15)26)23(25)24(2,3)33(19,30)31/h4-12,14,23H,1,26H2,2-3H3. The molecule has 1 aliphatic carbocycles. The van der Waals surface area contributed by atoms with Crippen molar-refractivity contribution < 1.29 is 17.3 Å². The number of nitrogen functional groups attached to an aromatic ring is 1. The van der Waals surface area contributed by atoms with Crippen molar-refractivity contribution in [3.05, 3.63) is 78.3 Å². The molecule has 33 heavy (non-hydrogen) atoms. The average Bonchev–Trinajstić information content (AvgIpc) is 3.31. The first kappa shape index (κ1) is 21.3. The summed E-state index contributed by atoms with van der Waals surface area (Å²) in [5.74, 6) is 0.201. The summed E-state index contributed by atoms with van der Waals surface area (Å²) in [6.07, 6.45) is 10.5. The third-order valence-electron chi connectivity index (χ3n) is 6.27. The molecule has 7 nitrogen and oxygen atoms in total. The lowest BCUT2D eigenvalue weighted by Crippen LogP contribution is -2.30. The van der Waals surface area contributed by atoms with Crippen LogP contribution < -0.4 is 5.73 Å². The van der Waals surface area contributed by atoms with E-state index in [1.54, 1.807) is 6.20 Å². The Morgan fingerprint density at radius 2 is 1.85 bits per heavy atom. The number of hydrogen-bond donors (Lipinski definition) is 1. The Labute approximate surface area is 190 Å². The number of rotatable bonds is 3. The number of aromatic nitrogens is 3. The molecule has 3 heterocycles. The molecule has 3 aromatic rings. The van der Waals surface area contributed by atoms with E-state index in [9.17, 15) is 12.8 Å². The molecule has 0 bridgehead atoms. The van der Waals surface area contributed by atoms with E-state index in [0.29, 0.717) is 22.7 Å². The number of allylic oxidation sites excluding steroid dienone is 5. The molecular weight excluding hydrogens is 443 g/mol. The fraction of sp³-hybridized carbons (Fsp3) is 0.208. The van der Waals surface area contributed by atoms with Gasteiger partial charge in [0.05, 0.1) is 11.1 Å². The molecule has 0 fully saturated rings. The van der Waals surface area contributed by atoms with Crippen molar-refractivity contribution in [3.63, 3.8) is 0 Å². The second kappa shape index (κ2) is 7.21. The van der Waals surface area contributed by atoms with Gasteiger partial charge in [0.15, 0.2) is 15.6 Å². The zero-order valence-electron chi connectivity index (χ0n) is 18.0. The van der Waals surface area contributed by atoms with Crippen LogP contribution in [0.5, 0.6) is 0 Å². The maximum atomic E-state index is 15.0. The highest BCUT2D eigenvalue weighted by molar-refractivity contribution is 7.93. The highest BCUT2D eigenvalue weighted by Gasteiger charge is 2.52. The molecular formula is C24H21FN4O3S. The quantitative estimate of drug-likeness (QED) is 0.558. The molecule has 9 heteroatoms. The summed E-state index contributed by atoms with van der Waals surface area (Å²) in [5.41, 5.74) is 9.10. The van der Waals surface area contributed by atoms with Gasteiger partial charge in [-0.2, -0.15) is 0 Å². The number of benzene rings is 1. The summed E-state index contributed by atoms with van der Waals surface area (Å²) in [6, 6.07) is 2.75. The topological polar surface area (TPSA) is 112 Å². The van der Waals surface area contributed by atoms with E-state index in [2.05, 4.69) is 21.7 Å². The molecule has 2 atom stereocenters. The van der Waals surface area contributed by atoms with Crippen molar-refractivity contribution in [3.8, 4) is 22.7 Å². The van der Waals surface area contributed by atoms with Gasteiger partial charge in [0.2, 0.25) is 0 Å². The van der Waals surface area contributed by atoms with Crippen LogP contribution in [0.3, 0.4) is 0 Å². The second-order valence-electron chi connectivity index (χ2n) is 8.61. The predicted molar refractivity (Wildman–Crippen MR) is 123 cm³/mol. The van der Waals surface area contributed by atoms with Gasteiger partial charge in [0.1, 0.15) is 22.3 Å². The Balaban J connectivity index is 1.70. The van der Waals surface area contributed by atoms with Crippen LogP contribution in [-0.2, 0) is 9.84 Å². The van der Waals surface area contributed by atoms with Crippen molar-refractivity contribution in [2.75, 3.05) is 5.73 Å². The summed E-state index contributed by atoms with van der Waals surface area (Å²) in [6.45, 7) is 6.83. The van der Waals surface area contributed by atoms with Gasteiger partial charge >= 0.3 is 0 Å². The van der Waals surface area contributed by atoms with Gasteiger partial charge < -0.3 is 10.3 Å². The Morgan fingerprint density at radius 3 is 2.58 bits per heavy atom. The number of nitrogens with two attached hydrogens (primary N) is 1. The first-order valence-electron chi connectivity index (χ1n) is 10.3. The third-order valence-corrected chi connectivity index (χ3v) is 8.80. The minimum absolute atomic E-state index is 0.0578. The molecule has 0 saturated carbocycles. The van der Waals surface area contributed by atoms with E-state index in [-0.39, 0.29) is 22.1 Å². The van der Waals surface area contributed by atoms with Crippen LogP contribution >= 0.6 is 0 Å². The van der Waals surface area contributed by atoms with Gasteiger partial charge in [-0.1, -0.05) is 36.0 Å². The van der Waals surface area contributed by atoms with Crippen molar-refractivity contribution in [1.29, 1.82) is 0 Å². The van der Waals surface area contributed by atoms with Crippen LogP contribution in [0.25, 0.3) is 22.7 Å². The largest absolute Gasteiger partial charge is 0.398 e. The number of alkyl halides is 1. The summed E-state index contributed by atoms with van der Waals surface area (Å²) in [4.78, 5) is 8.78. The monoisotopic (exact) mass is 464 g/mol. The van der Waals surface area contributed by atoms with Gasteiger partial charge in [0, 0.05) is 40.7 Å². The highest BCUT2D eigenvalue weighted by Crippen LogP contribution is 2.51. The lowest BCUT2D eigenvalue weighted by molar-refractivity contribution is 0.284. The Kier molecular flexibility index (Phi) is 4.65. The van der Waals surface area contributed by atoms with Crippen LogP contribution in [0.15, 0.2) is 76.6 Å². The number of sulfone groups is 1. The number of fused-ring (bicyclic) bond motifs is 1. The van der Waals surface area contributed by atoms with E-state index in [1.807, 2.05) is 24.3 Å². The molecule has 2 N–H and O–H groups in total. The van der Waals surface area contributed by atoms with Crippen LogP contribution in [0.4, 0.5) is 10.1 Å². The van der Waals surface area contributed by atoms with Gasteiger partial charge in [-0.05, 0) is 31.6 Å². The van der Waals surface area contributed by atoms with E-state index in [0.717, 1.165) is 11.1 Å². The summed E-state index contributed by atoms with van der Waals surface area (Å²) in [5, 5.41) is 3.96. The van der Waals surface area contributed by atoms with Gasteiger partial charge in [0.25, 0.3) is 0 Å². The number of nitrogens with zero attached hydrogens (tertiary/aromatic N) is 3. The van der Waals surface area contributed by atoms with Crippen LogP contribution in [0.1, 0.15) is 37.1 Å². The Hall–Kier alpha value is -3.59. The molecule has 0 radical (unpaired) electrons. The maximum Gasteiger partial charge on any atom is 0.191 e. The zero-order valence-corrected chi connectivity index (χ0v) is 18.8. The summed E-state index contributed by atoms with van der Waals surface area (Å²) >= 11 is 0. The molecule has 1 aliphatic heterocycles. The fourth-order valence-corrected chi connectivity index (χ4v) is 5.99. The van der Waals surface area contributed by atoms with Crippen molar-refractivity contribution in [1.82, 2.24) is 15.1 Å². The molecule has 2 aliphatic rings. The first-order valence-corrected chi connectivity index (χ1v) is 11.7. The van der Waals surface area contributed by atoms with E-state index < -0.39 is 20.8 Å². The van der Waals surface area contributed by atoms with Crippen molar-refractivity contribution in [2.45, 2.75) is 35.6 Å². The van der Waals surface area contributed by atoms with Gasteiger partial charge in [-0.15, -0.1) is 0 Å². The molecule has 0 amide bonds. The molecule has 0 saturated heterocycles. The average molecular weight is 465 g/mol. The van der Waals surface area contributed by atoms with Crippen LogP contribution in [0, 0.1) is 0 Å². The van der Waals surface area contributed by atoms with Crippen molar-refractivity contribution >= 4 is 15.5 Å². The molecule has 0 spiro atoms. The van der Waals surface area contributed by atoms with Crippen LogP contribution in [-0.4, -0.2) is 28.3 Å². The fourth-order valence-electron chi connectivity index (χ4n) is 4.28. The Bertz CT molecular complexity index is 1470. The van der Waals surface area contributed by atoms with Crippen molar-refractivity contribution in [2.24, 2.45) is 0 Å². The van der Waals surface area contributed by atoms with E-state index in [1.165, 1.54) is 38.4 Å². The number of halogens is 1. The summed E-state index contributed by atoms with van der Waals surface area (Å²) < 4.78 is 45.1. The molecule has 1 aromatic carbocycles. The number of hydrogen-bond acceptors (Lipinski definition) is 7. The molecule has 2 unspecified atom stereocenters. The Morgan fingerprint density at radius 1 is 1.12 bits per heavy atom. The van der Waals surface area contributed by atoms with Gasteiger partial charge in [-0.3, -0.25) is 4.98 Å². The molecule has 168 valence electrons. The highest BCUT2D eigenvalue weighted by atomic mass is 32.2. The minimum atomic E-state index is -3.92. The van der Waals surface area contributed by atoms with E-state index >= 15 is 0 Å². The SMILES string of the molecule is C=C1C=CC=CC1c1cnoc1-c1nccnc1-c1cc2c(cc1N)C(F)C(C)(C)S2(=O)=O.